The number of aromatic nitrogens is 19. The van der Waals surface area contributed by atoms with Gasteiger partial charge in [0.25, 0.3) is 0 Å². The number of amides is 1. The van der Waals surface area contributed by atoms with Crippen molar-refractivity contribution in [1.29, 1.82) is 0 Å². The molecule has 0 radical (unpaired) electrons. The Labute approximate surface area is 797 Å². The smallest absolute Gasteiger partial charge is 0.307 e. The third-order valence-electron chi connectivity index (χ3n) is 21.3. The molecule has 13 heterocycles. The minimum absolute atomic E-state index is 0.0131. The number of pyridine rings is 2. The molecule has 0 unspecified atom stereocenters. The van der Waals surface area contributed by atoms with Crippen molar-refractivity contribution < 1.29 is 23.4 Å². The number of imidazole rings is 2. The molecule has 1 aliphatic rings. The van der Waals surface area contributed by atoms with Crippen molar-refractivity contribution in [2.75, 3.05) is 98.3 Å². The molecule has 1 amide bonds. The van der Waals surface area contributed by atoms with Crippen LogP contribution in [0.3, 0.4) is 0 Å². The van der Waals surface area contributed by atoms with E-state index in [1.807, 2.05) is 149 Å². The summed E-state index contributed by atoms with van der Waals surface area (Å²) in [6, 6.07) is 36.1. The molecule has 41 heteroatoms. The zero-order valence-corrected chi connectivity index (χ0v) is 82.2. The van der Waals surface area contributed by atoms with Gasteiger partial charge in [0, 0.05) is 163 Å². The van der Waals surface area contributed by atoms with Crippen molar-refractivity contribution in [1.82, 2.24) is 104 Å². The van der Waals surface area contributed by atoms with Gasteiger partial charge in [-0.2, -0.15) is 19.9 Å². The molecule has 1 saturated heterocycles. The highest BCUT2D eigenvalue weighted by Gasteiger charge is 2.28. The van der Waals surface area contributed by atoms with E-state index < -0.39 is 21.5 Å². The van der Waals surface area contributed by atoms with Crippen LogP contribution in [0.2, 0.25) is 0 Å². The first-order valence-electron chi connectivity index (χ1n) is 44.6. The molecular formula is C94H119N31O6S4. The molecule has 12 aromatic heterocycles. The van der Waals surface area contributed by atoms with Gasteiger partial charge in [0.15, 0.2) is 54.1 Å². The monoisotopic (exact) mass is 1910 g/mol. The van der Waals surface area contributed by atoms with Crippen LogP contribution < -0.4 is 68.3 Å². The summed E-state index contributed by atoms with van der Waals surface area (Å²) in [7, 11) is -1.44. The lowest BCUT2D eigenvalue weighted by atomic mass is 9.97. The van der Waals surface area contributed by atoms with Gasteiger partial charge in [-0.15, -0.1) is 0 Å². The standard InChI is InChI=1S/C20H29N7O.C19H27N7O.2C19H22N6OS.C17H19N5O2S2/c1-6-15(20(4,5)28)24-19-25-17(22-11-14-8-7-9-21-10-14)16-18(26-19)27(12-23-16)13(2)3;1-5-15(13(4)27)23-19-24-17(21-10-14-7-6-8-20-9-14)16-18(25-19)26(11-22-16)12(2)3;1-13-17(27-19(26)24(13)2)16-7-8-21-18(23-16)22-14-3-5-15(6-4-14)25-11-9-20-10-12-25;1-4-20-19-23-12(2)17(27-19)16-9-10-21-18(25-16)24-15-7-5-14(6-8-15)11-22-13(3)26;1-4-18-17-20-11(2)15(25-17)14-9-10-19-16(22-14)21-12-5-7-13(8-6-12)26(3,23)24/h7-10,12-13,15,28H,6,11H2,1-5H3,(H2,22,24,25,26);6-9,11-13,15,27H,5,10H2,1-4H3,(H2,21,23,24,25);3-8,20H,9-12H2,1-2H3,(H,21,22,23);5-10H,4,11H2,1-3H3,(H,20,23)(H,22,26)(H,21,24,25);5-10H,4H2,1-3H3,(H,18,20)(H,19,21,22)/t15-;13-,15+;;;/m01.../s1. The minimum Gasteiger partial charge on any atom is -0.391 e. The number of fused-ring (bicyclic) bond motifs is 2. The molecule has 15 aromatic rings. The first-order valence-corrected chi connectivity index (χ1v) is 48.9. The van der Waals surface area contributed by atoms with Crippen molar-refractivity contribution in [3.8, 4) is 31.7 Å². The second-order valence-corrected chi connectivity index (χ2v) is 37.8. The van der Waals surface area contributed by atoms with Gasteiger partial charge in [0.2, 0.25) is 35.6 Å². The highest BCUT2D eigenvalue weighted by Crippen LogP contribution is 2.36. The van der Waals surface area contributed by atoms with Gasteiger partial charge >= 0.3 is 4.87 Å². The molecule has 3 atom stereocenters. The van der Waals surface area contributed by atoms with E-state index in [1.165, 1.54) is 30.2 Å². The van der Waals surface area contributed by atoms with E-state index in [0.717, 1.165) is 162 Å². The number of thiazole rings is 3. The first kappa shape index (κ1) is 100. The first-order chi connectivity index (χ1) is 64.8. The van der Waals surface area contributed by atoms with Gasteiger partial charge in [-0.3, -0.25) is 19.6 Å². The lowest BCUT2D eigenvalue weighted by molar-refractivity contribution is -0.119. The van der Waals surface area contributed by atoms with Gasteiger partial charge in [-0.1, -0.05) is 72.1 Å². The predicted molar refractivity (Wildman–Crippen MR) is 542 cm³/mol. The molecule has 13 N–H and O–H groups in total. The zero-order valence-electron chi connectivity index (χ0n) is 78.9. The number of benzene rings is 3. The Bertz CT molecular complexity index is 6540. The van der Waals surface area contributed by atoms with Crippen LogP contribution in [0, 0.1) is 20.8 Å². The lowest BCUT2D eigenvalue weighted by Gasteiger charge is -2.29. The number of anilines is 13. The van der Waals surface area contributed by atoms with Crippen LogP contribution in [-0.4, -0.2) is 187 Å². The van der Waals surface area contributed by atoms with Gasteiger partial charge in [-0.05, 0) is 204 Å². The third-order valence-corrected chi connectivity index (χ3v) is 25.9. The Morgan fingerprint density at radius 1 is 0.526 bits per heavy atom. The van der Waals surface area contributed by atoms with Crippen LogP contribution in [0.1, 0.15) is 142 Å². The van der Waals surface area contributed by atoms with E-state index in [9.17, 15) is 28.2 Å². The topological polar surface area (TPSA) is 465 Å². The molecule has 0 spiro atoms. The fourth-order valence-corrected chi connectivity index (χ4v) is 17.5. The van der Waals surface area contributed by atoms with Crippen molar-refractivity contribution in [3.05, 3.63) is 215 Å². The Kier molecular flexibility index (Phi) is 35.1. The Morgan fingerprint density at radius 3 is 1.37 bits per heavy atom. The quantitative estimate of drug-likeness (QED) is 0.0182. The van der Waals surface area contributed by atoms with Gasteiger partial charge < -0.3 is 87.3 Å². The maximum absolute atomic E-state index is 11.9. The van der Waals surface area contributed by atoms with Crippen LogP contribution in [0.5, 0.6) is 0 Å². The molecule has 3 aromatic carbocycles. The SMILES string of the molecule is CCNc1nc(C)c(-c2ccnc(Nc3ccc(CNC(C)=O)cc3)n2)s1.CCNc1nc(C)c(-c2ccnc(Nc3ccc(S(C)(=O)=O)cc3)n2)s1.CC[C@H](Nc1nc(NCc2cccnc2)c2ncn(C(C)C)c2n1)C(C)(C)O.CC[C@H](Nc1nc(NCc2cccnc2)c2ncn(C(C)C)c2n1)[C@@H](C)O.Cc1c(-c2ccnc(Nc3ccc(N4CCNCC4)cc3)n2)sc(=O)n1C. The molecule has 0 saturated carbocycles. The van der Waals surface area contributed by atoms with Crippen molar-refractivity contribution in [2.24, 2.45) is 7.05 Å². The normalized spacial score (nSPS) is 12.6. The van der Waals surface area contributed by atoms with E-state index in [2.05, 4.69) is 183 Å². The second-order valence-electron chi connectivity index (χ2n) is 32.8. The fourth-order valence-electron chi connectivity index (χ4n) is 13.9. The molecule has 1 fully saturated rings. The maximum Gasteiger partial charge on any atom is 0.307 e. The van der Waals surface area contributed by atoms with E-state index in [-0.39, 0.29) is 39.8 Å². The number of piperazine rings is 1. The van der Waals surface area contributed by atoms with Crippen molar-refractivity contribution >= 4 is 146 Å². The molecule has 0 aliphatic carbocycles. The summed E-state index contributed by atoms with van der Waals surface area (Å²) in [5.74, 6) is 3.70. The Hall–Kier alpha value is -13.7. The number of nitrogens with zero attached hydrogens (tertiary/aromatic N) is 20. The number of rotatable bonds is 33. The van der Waals surface area contributed by atoms with Crippen LogP contribution in [0.15, 0.2) is 181 Å². The highest BCUT2D eigenvalue weighted by molar-refractivity contribution is 7.90. The summed E-state index contributed by atoms with van der Waals surface area (Å²) in [6.45, 7) is 36.6. The summed E-state index contributed by atoms with van der Waals surface area (Å²) in [5, 5.41) is 57.5. The Morgan fingerprint density at radius 2 is 0.978 bits per heavy atom. The Balaban J connectivity index is 0.000000152. The van der Waals surface area contributed by atoms with Gasteiger partial charge in [-0.25, -0.2) is 58.3 Å². The largest absolute Gasteiger partial charge is 0.391 e. The summed E-state index contributed by atoms with van der Waals surface area (Å²) in [6.07, 6.45) is 18.0. The van der Waals surface area contributed by atoms with E-state index in [1.54, 1.807) is 123 Å². The average molecular weight is 1910 g/mol. The number of aliphatic hydroxyl groups excluding tert-OH is 1. The van der Waals surface area contributed by atoms with Crippen LogP contribution in [0.4, 0.5) is 74.4 Å². The number of nitrogens with one attached hydrogen (secondary N) is 11. The van der Waals surface area contributed by atoms with Crippen LogP contribution >= 0.6 is 34.0 Å². The van der Waals surface area contributed by atoms with Crippen molar-refractivity contribution in [2.45, 2.75) is 177 Å². The molecule has 16 rings (SSSR count). The fraction of sp³-hybridized carbons (Fsp3) is 0.362. The number of hydrogen-bond acceptors (Lipinski definition) is 36. The van der Waals surface area contributed by atoms with Gasteiger partial charge in [0.05, 0.1) is 84.4 Å². The number of sulfone groups is 1. The number of carbonyl (C=O) groups excluding carboxylic acids is 1. The maximum atomic E-state index is 11.9. The average Bonchev–Trinajstić information content (AvgIpc) is 1.65. The van der Waals surface area contributed by atoms with E-state index in [0.29, 0.717) is 66.7 Å². The second kappa shape index (κ2) is 47.3. The molecule has 0 bridgehead atoms. The minimum atomic E-state index is -3.21. The summed E-state index contributed by atoms with van der Waals surface area (Å²) < 4.78 is 28.7. The number of aryl methyl sites for hydroxylation is 2. The number of aliphatic hydroxyl groups is 2. The predicted octanol–water partition coefficient (Wildman–Crippen LogP) is 15.9. The van der Waals surface area contributed by atoms with Gasteiger partial charge in [0.1, 0.15) is 0 Å². The summed E-state index contributed by atoms with van der Waals surface area (Å²) >= 11 is 4.34. The molecule has 1 aliphatic heterocycles. The number of hydrogen-bond donors (Lipinski definition) is 13. The zero-order chi connectivity index (χ0) is 96.5. The molecular weight excluding hydrogens is 1790 g/mol. The van der Waals surface area contributed by atoms with Crippen LogP contribution in [0.25, 0.3) is 54.0 Å². The van der Waals surface area contributed by atoms with Crippen LogP contribution in [-0.2, 0) is 41.3 Å². The third kappa shape index (κ3) is 28.0. The van der Waals surface area contributed by atoms with Crippen molar-refractivity contribution in [3.63, 3.8) is 0 Å². The number of carbonyl (C=O) groups is 1. The molecule has 710 valence electrons. The molecule has 37 nitrogen and oxygen atoms in total. The summed E-state index contributed by atoms with van der Waals surface area (Å²) in [5.41, 5.74) is 14.1. The van der Waals surface area contributed by atoms with E-state index >= 15 is 0 Å². The highest BCUT2D eigenvalue weighted by atomic mass is 32.2. The lowest BCUT2D eigenvalue weighted by Crippen LogP contribution is -2.43. The molecule has 135 heavy (non-hydrogen) atoms. The van der Waals surface area contributed by atoms with E-state index in [4.69, 9.17) is 0 Å². The summed E-state index contributed by atoms with van der Waals surface area (Å²) in [4.78, 5) is 100.0.